The fourth-order valence-corrected chi connectivity index (χ4v) is 5.03. The third-order valence-corrected chi connectivity index (χ3v) is 7.18. The molecule has 0 spiro atoms. The van der Waals surface area contributed by atoms with Crippen molar-refractivity contribution in [3.05, 3.63) is 88.6 Å². The predicted molar refractivity (Wildman–Crippen MR) is 150 cm³/mol. The zero-order valence-corrected chi connectivity index (χ0v) is 22.6. The Labute approximate surface area is 236 Å². The largest absolute Gasteiger partial charge is 0.445 e. The Kier molecular flexibility index (Phi) is 6.99. The van der Waals surface area contributed by atoms with Crippen molar-refractivity contribution in [1.29, 1.82) is 0 Å². The van der Waals surface area contributed by atoms with Crippen LogP contribution < -0.4 is 10.6 Å². The molecular formula is C28H23BrFN7O3. The van der Waals surface area contributed by atoms with Crippen molar-refractivity contribution in [3.8, 4) is 11.4 Å². The summed E-state index contributed by atoms with van der Waals surface area (Å²) in [6.45, 7) is 0.757. The van der Waals surface area contributed by atoms with Gasteiger partial charge in [-0.25, -0.2) is 19.2 Å². The summed E-state index contributed by atoms with van der Waals surface area (Å²) in [6.07, 6.45) is -0.521. The summed E-state index contributed by atoms with van der Waals surface area (Å²) in [4.78, 5) is 36.9. The van der Waals surface area contributed by atoms with Gasteiger partial charge in [0, 0.05) is 23.1 Å². The van der Waals surface area contributed by atoms with Gasteiger partial charge in [0.05, 0.1) is 17.4 Å². The minimum atomic E-state index is -0.842. The van der Waals surface area contributed by atoms with Crippen LogP contribution >= 0.6 is 15.9 Å². The first-order valence-electron chi connectivity index (χ1n) is 12.6. The molecule has 6 rings (SSSR count). The molecule has 3 heterocycles. The van der Waals surface area contributed by atoms with Crippen molar-refractivity contribution in [2.24, 2.45) is 0 Å². The van der Waals surface area contributed by atoms with Gasteiger partial charge >= 0.3 is 6.09 Å². The van der Waals surface area contributed by atoms with E-state index in [0.717, 1.165) is 15.4 Å². The zero-order chi connectivity index (χ0) is 27.6. The molecule has 0 saturated carbocycles. The summed E-state index contributed by atoms with van der Waals surface area (Å²) in [5.41, 5.74) is 2.60. The van der Waals surface area contributed by atoms with Gasteiger partial charge in [0.15, 0.2) is 11.5 Å². The number of benzene rings is 3. The molecule has 1 unspecified atom stereocenters. The number of halogens is 2. The van der Waals surface area contributed by atoms with Gasteiger partial charge in [-0.15, -0.1) is 5.10 Å². The highest BCUT2D eigenvalue weighted by Gasteiger charge is 2.30. The third-order valence-electron chi connectivity index (χ3n) is 6.52. The maximum Gasteiger partial charge on any atom is 0.410 e. The second kappa shape index (κ2) is 10.9. The molecule has 0 aliphatic carbocycles. The van der Waals surface area contributed by atoms with E-state index < -0.39 is 12.1 Å². The molecule has 5 aromatic rings. The molecule has 40 heavy (non-hydrogen) atoms. The van der Waals surface area contributed by atoms with E-state index in [1.54, 1.807) is 12.1 Å². The van der Waals surface area contributed by atoms with E-state index in [4.69, 9.17) is 14.7 Å². The van der Waals surface area contributed by atoms with Gasteiger partial charge in [-0.1, -0.05) is 36.4 Å². The average molecular weight is 604 g/mol. The second-order valence-corrected chi connectivity index (χ2v) is 10.1. The summed E-state index contributed by atoms with van der Waals surface area (Å²) >= 11 is 3.58. The van der Waals surface area contributed by atoms with Gasteiger partial charge < -0.3 is 20.3 Å². The minimum Gasteiger partial charge on any atom is -0.445 e. The maximum absolute atomic E-state index is 13.5. The lowest BCUT2D eigenvalue weighted by Gasteiger charge is -2.23. The topological polar surface area (TPSA) is 114 Å². The smallest absolute Gasteiger partial charge is 0.410 e. The van der Waals surface area contributed by atoms with Crippen molar-refractivity contribution < 1.29 is 18.7 Å². The normalized spacial score (nSPS) is 15.6. The van der Waals surface area contributed by atoms with E-state index in [0.29, 0.717) is 29.1 Å². The fraction of sp³-hybridized carbons (Fsp3) is 0.179. The number of carbonyl (C=O) groups is 2. The number of hydrogen-bond acceptors (Lipinski definition) is 7. The Morgan fingerprint density at radius 1 is 1.07 bits per heavy atom. The average Bonchev–Trinajstić information content (AvgIpc) is 3.33. The molecule has 1 aliphatic rings. The number of hydrogen-bond donors (Lipinski definition) is 2. The monoisotopic (exact) mass is 603 g/mol. The van der Waals surface area contributed by atoms with Crippen LogP contribution in [0, 0.1) is 5.82 Å². The number of nitrogens with zero attached hydrogens (tertiary/aromatic N) is 5. The molecule has 1 aliphatic heterocycles. The summed E-state index contributed by atoms with van der Waals surface area (Å²) in [6, 6.07) is 20.0. The first-order chi connectivity index (χ1) is 19.5. The van der Waals surface area contributed by atoms with Crippen LogP contribution in [-0.2, 0) is 16.1 Å². The molecule has 2 amide bonds. The highest BCUT2D eigenvalue weighted by atomic mass is 79.9. The number of fused-ring (bicyclic) bond motifs is 3. The summed E-state index contributed by atoms with van der Waals surface area (Å²) in [7, 11) is 0. The van der Waals surface area contributed by atoms with Crippen LogP contribution in [0.3, 0.4) is 0 Å². The number of ether oxygens (including phenoxy) is 1. The summed E-state index contributed by atoms with van der Waals surface area (Å²) < 4.78 is 21.3. The van der Waals surface area contributed by atoms with Crippen molar-refractivity contribution in [2.75, 3.05) is 25.0 Å². The molecule has 3 aromatic carbocycles. The summed E-state index contributed by atoms with van der Waals surface area (Å²) in [5, 5.41) is 11.4. The maximum atomic E-state index is 13.5. The van der Waals surface area contributed by atoms with Crippen LogP contribution in [0.1, 0.15) is 5.56 Å². The lowest BCUT2D eigenvalue weighted by molar-refractivity contribution is -0.121. The number of carbonyl (C=O) groups excluding carboxylic acids is 2. The van der Waals surface area contributed by atoms with E-state index in [-0.39, 0.29) is 37.4 Å². The van der Waals surface area contributed by atoms with E-state index in [9.17, 15) is 14.0 Å². The molecule has 2 aromatic heterocycles. The van der Waals surface area contributed by atoms with Gasteiger partial charge in [0.2, 0.25) is 11.9 Å². The van der Waals surface area contributed by atoms with E-state index in [2.05, 4.69) is 31.7 Å². The highest BCUT2D eigenvalue weighted by molar-refractivity contribution is 9.10. The van der Waals surface area contributed by atoms with Crippen LogP contribution in [0.25, 0.3) is 27.9 Å². The lowest BCUT2D eigenvalue weighted by Crippen LogP contribution is -2.44. The van der Waals surface area contributed by atoms with Gasteiger partial charge in [-0.3, -0.25) is 4.79 Å². The number of anilines is 1. The Morgan fingerprint density at radius 2 is 1.88 bits per heavy atom. The van der Waals surface area contributed by atoms with Crippen LogP contribution in [0.4, 0.5) is 15.1 Å². The van der Waals surface area contributed by atoms with Gasteiger partial charge in [0.25, 0.3) is 0 Å². The Balaban J connectivity index is 1.32. The Bertz CT molecular complexity index is 1710. The van der Waals surface area contributed by atoms with Crippen molar-refractivity contribution in [3.63, 3.8) is 0 Å². The Hall–Kier alpha value is -4.58. The van der Waals surface area contributed by atoms with Gasteiger partial charge in [-0.05, 0) is 57.9 Å². The summed E-state index contributed by atoms with van der Waals surface area (Å²) in [5.74, 6) is -0.0249. The lowest BCUT2D eigenvalue weighted by atomic mass is 10.2. The third kappa shape index (κ3) is 5.17. The SMILES string of the molecule is O=C1NCCN(C(=O)OCc2ccccc2)CC1Nc1nc2cccc(Br)c2c2nc(-c3ccc(F)cc3)nn12. The van der Waals surface area contributed by atoms with Crippen molar-refractivity contribution in [1.82, 2.24) is 29.8 Å². The molecule has 1 saturated heterocycles. The number of rotatable bonds is 5. The molecule has 12 heteroatoms. The minimum absolute atomic E-state index is 0.0542. The zero-order valence-electron chi connectivity index (χ0n) is 21.1. The second-order valence-electron chi connectivity index (χ2n) is 9.22. The fourth-order valence-electron chi connectivity index (χ4n) is 4.50. The Morgan fingerprint density at radius 3 is 2.67 bits per heavy atom. The van der Waals surface area contributed by atoms with E-state index in [1.165, 1.54) is 21.5 Å². The van der Waals surface area contributed by atoms with E-state index in [1.807, 2.05) is 48.5 Å². The van der Waals surface area contributed by atoms with Crippen LogP contribution in [-0.4, -0.2) is 62.2 Å². The van der Waals surface area contributed by atoms with Gasteiger partial charge in [-0.2, -0.15) is 4.52 Å². The number of aromatic nitrogens is 4. The molecule has 1 fully saturated rings. The number of nitrogens with one attached hydrogen (secondary N) is 2. The molecule has 2 N–H and O–H groups in total. The predicted octanol–water partition coefficient (Wildman–Crippen LogP) is 4.40. The molecule has 0 bridgehead atoms. The molecular weight excluding hydrogens is 581 g/mol. The van der Waals surface area contributed by atoms with Crippen LogP contribution in [0.2, 0.25) is 0 Å². The standard InChI is InChI=1S/C28H23BrFN7O3/c29-20-7-4-8-21-23(20)25-34-24(18-9-11-19(30)12-10-18)35-37(25)27(32-21)33-22-15-36(14-13-31-26(22)38)28(39)40-16-17-5-2-1-3-6-17/h1-12,22H,13-16H2,(H,31,38)(H,32,33). The molecule has 0 radical (unpaired) electrons. The molecule has 202 valence electrons. The molecule has 1 atom stereocenters. The first kappa shape index (κ1) is 25.7. The van der Waals surface area contributed by atoms with Gasteiger partial charge in [0.1, 0.15) is 18.5 Å². The molecule has 10 nitrogen and oxygen atoms in total. The van der Waals surface area contributed by atoms with Crippen LogP contribution in [0.15, 0.2) is 77.3 Å². The van der Waals surface area contributed by atoms with Crippen molar-refractivity contribution >= 4 is 50.4 Å². The highest BCUT2D eigenvalue weighted by Crippen LogP contribution is 2.30. The van der Waals surface area contributed by atoms with Crippen LogP contribution in [0.5, 0.6) is 0 Å². The quantitative estimate of drug-likeness (QED) is 0.306. The first-order valence-corrected chi connectivity index (χ1v) is 13.4. The number of amides is 2. The van der Waals surface area contributed by atoms with Crippen molar-refractivity contribution in [2.45, 2.75) is 12.6 Å². The van der Waals surface area contributed by atoms with E-state index >= 15 is 0 Å².